The van der Waals surface area contributed by atoms with E-state index in [1.807, 2.05) is 24.3 Å². The van der Waals surface area contributed by atoms with Crippen LogP contribution < -0.4 is 10.1 Å². The van der Waals surface area contributed by atoms with E-state index < -0.39 is 0 Å². The van der Waals surface area contributed by atoms with Crippen LogP contribution in [0.4, 0.5) is 5.69 Å². The Labute approximate surface area is 114 Å². The Bertz CT molecular complexity index is 396. The molecule has 104 valence electrons. The fourth-order valence-electron chi connectivity index (χ4n) is 2.31. The maximum absolute atomic E-state index is 12.0. The number of hydrogen-bond donors (Lipinski definition) is 1. The van der Waals surface area contributed by atoms with E-state index in [-0.39, 0.29) is 11.8 Å². The number of hydrogen-bond acceptors (Lipinski definition) is 3. The summed E-state index contributed by atoms with van der Waals surface area (Å²) in [5.74, 6) is 1.12. The van der Waals surface area contributed by atoms with Crippen molar-refractivity contribution in [1.29, 1.82) is 0 Å². The molecule has 1 aliphatic carbocycles. The van der Waals surface area contributed by atoms with Gasteiger partial charge in [-0.25, -0.2) is 0 Å². The van der Waals surface area contributed by atoms with Gasteiger partial charge in [-0.05, 0) is 37.1 Å². The molecule has 1 amide bonds. The monoisotopic (exact) mass is 263 g/mol. The molecule has 1 fully saturated rings. The van der Waals surface area contributed by atoms with E-state index in [9.17, 15) is 4.79 Å². The molecule has 0 saturated heterocycles. The van der Waals surface area contributed by atoms with E-state index in [1.54, 1.807) is 7.11 Å². The first-order chi connectivity index (χ1) is 9.29. The van der Waals surface area contributed by atoms with Crippen LogP contribution in [0.5, 0.6) is 5.75 Å². The molecular weight excluding hydrogens is 242 g/mol. The minimum absolute atomic E-state index is 0.144. The smallest absolute Gasteiger partial charge is 0.227 e. The van der Waals surface area contributed by atoms with Crippen LogP contribution in [0.25, 0.3) is 0 Å². The maximum Gasteiger partial charge on any atom is 0.227 e. The normalized spacial score (nSPS) is 15.4. The molecule has 1 aromatic rings. The van der Waals surface area contributed by atoms with Gasteiger partial charge in [-0.2, -0.15) is 0 Å². The van der Waals surface area contributed by atoms with Crippen molar-refractivity contribution in [3.8, 4) is 5.75 Å². The van der Waals surface area contributed by atoms with Gasteiger partial charge in [0.15, 0.2) is 0 Å². The first kappa shape index (κ1) is 13.9. The molecule has 0 unspecified atom stereocenters. The number of carbonyl (C=O) groups excluding carboxylic acids is 1. The summed E-state index contributed by atoms with van der Waals surface area (Å²) in [6.45, 7) is 1.10. The Morgan fingerprint density at radius 1 is 1.21 bits per heavy atom. The van der Waals surface area contributed by atoms with Gasteiger partial charge in [-0.3, -0.25) is 4.79 Å². The topological polar surface area (TPSA) is 47.6 Å². The molecule has 1 aliphatic rings. The molecule has 1 saturated carbocycles. The summed E-state index contributed by atoms with van der Waals surface area (Å²) in [5, 5.41) is 2.96. The first-order valence-corrected chi connectivity index (χ1v) is 6.82. The van der Waals surface area contributed by atoms with Gasteiger partial charge < -0.3 is 14.8 Å². The predicted molar refractivity (Wildman–Crippen MR) is 74.4 cm³/mol. The Hall–Kier alpha value is -1.55. The standard InChI is InChI=1S/C15H21NO3/c1-18-10-11-19-14-8-6-13(7-9-14)16-15(17)12-4-2-3-5-12/h6-9,12H,2-5,10-11H2,1H3,(H,16,17). The molecular formula is C15H21NO3. The lowest BCUT2D eigenvalue weighted by molar-refractivity contribution is -0.119. The lowest BCUT2D eigenvalue weighted by Crippen LogP contribution is -2.20. The van der Waals surface area contributed by atoms with Crippen molar-refractivity contribution in [2.75, 3.05) is 25.6 Å². The van der Waals surface area contributed by atoms with E-state index in [0.717, 1.165) is 24.3 Å². The molecule has 0 radical (unpaired) electrons. The van der Waals surface area contributed by atoms with E-state index in [2.05, 4.69) is 5.32 Å². The summed E-state index contributed by atoms with van der Waals surface area (Å²) in [4.78, 5) is 12.0. The summed E-state index contributed by atoms with van der Waals surface area (Å²) < 4.78 is 10.4. The highest BCUT2D eigenvalue weighted by Gasteiger charge is 2.22. The van der Waals surface area contributed by atoms with Crippen molar-refractivity contribution in [3.63, 3.8) is 0 Å². The fraction of sp³-hybridized carbons (Fsp3) is 0.533. The van der Waals surface area contributed by atoms with Gasteiger partial charge in [0.1, 0.15) is 12.4 Å². The van der Waals surface area contributed by atoms with E-state index >= 15 is 0 Å². The van der Waals surface area contributed by atoms with Gasteiger partial charge in [0.05, 0.1) is 6.61 Å². The molecule has 19 heavy (non-hydrogen) atoms. The number of ether oxygens (including phenoxy) is 2. The highest BCUT2D eigenvalue weighted by Crippen LogP contribution is 2.26. The Morgan fingerprint density at radius 3 is 2.53 bits per heavy atom. The van der Waals surface area contributed by atoms with Crippen LogP contribution in [-0.2, 0) is 9.53 Å². The molecule has 0 aromatic heterocycles. The third kappa shape index (κ3) is 4.24. The van der Waals surface area contributed by atoms with Gasteiger partial charge in [-0.15, -0.1) is 0 Å². The lowest BCUT2D eigenvalue weighted by atomic mass is 10.1. The summed E-state index contributed by atoms with van der Waals surface area (Å²) in [6.07, 6.45) is 4.38. The molecule has 1 N–H and O–H groups in total. The number of anilines is 1. The third-order valence-electron chi connectivity index (χ3n) is 3.40. The number of benzene rings is 1. The van der Waals surface area contributed by atoms with Gasteiger partial charge in [0.25, 0.3) is 0 Å². The van der Waals surface area contributed by atoms with Crippen molar-refractivity contribution in [2.24, 2.45) is 5.92 Å². The van der Waals surface area contributed by atoms with Crippen LogP contribution in [0.1, 0.15) is 25.7 Å². The van der Waals surface area contributed by atoms with Gasteiger partial charge in [0.2, 0.25) is 5.91 Å². The van der Waals surface area contributed by atoms with Crippen molar-refractivity contribution >= 4 is 11.6 Å². The van der Waals surface area contributed by atoms with Crippen LogP contribution in [-0.4, -0.2) is 26.2 Å². The molecule has 0 heterocycles. The fourth-order valence-corrected chi connectivity index (χ4v) is 2.31. The molecule has 4 nitrogen and oxygen atoms in total. The zero-order valence-electron chi connectivity index (χ0n) is 11.4. The average Bonchev–Trinajstić information content (AvgIpc) is 2.95. The quantitative estimate of drug-likeness (QED) is 0.803. The SMILES string of the molecule is COCCOc1ccc(NC(=O)C2CCCC2)cc1. The van der Waals surface area contributed by atoms with Crippen LogP contribution in [0, 0.1) is 5.92 Å². The molecule has 0 atom stereocenters. The van der Waals surface area contributed by atoms with Crippen LogP contribution >= 0.6 is 0 Å². The first-order valence-electron chi connectivity index (χ1n) is 6.82. The van der Waals surface area contributed by atoms with Gasteiger partial charge >= 0.3 is 0 Å². The van der Waals surface area contributed by atoms with Crippen molar-refractivity contribution in [2.45, 2.75) is 25.7 Å². The highest BCUT2D eigenvalue weighted by atomic mass is 16.5. The summed E-state index contributed by atoms with van der Waals surface area (Å²) in [5.41, 5.74) is 0.830. The largest absolute Gasteiger partial charge is 0.491 e. The number of rotatable bonds is 6. The van der Waals surface area contributed by atoms with Crippen molar-refractivity contribution in [3.05, 3.63) is 24.3 Å². The highest BCUT2D eigenvalue weighted by molar-refractivity contribution is 5.92. The predicted octanol–water partition coefficient (Wildman–Crippen LogP) is 2.84. The molecule has 4 heteroatoms. The van der Waals surface area contributed by atoms with Crippen LogP contribution in [0.15, 0.2) is 24.3 Å². The maximum atomic E-state index is 12.0. The number of carbonyl (C=O) groups is 1. The summed E-state index contributed by atoms with van der Waals surface area (Å²) in [6, 6.07) is 7.46. The molecule has 0 spiro atoms. The Balaban J connectivity index is 1.82. The Kier molecular flexibility index (Phi) is 5.21. The Morgan fingerprint density at radius 2 is 1.89 bits per heavy atom. The zero-order chi connectivity index (χ0) is 13.5. The van der Waals surface area contributed by atoms with E-state index in [1.165, 1.54) is 12.8 Å². The molecule has 0 aliphatic heterocycles. The van der Waals surface area contributed by atoms with Gasteiger partial charge in [-0.1, -0.05) is 12.8 Å². The van der Waals surface area contributed by atoms with Crippen molar-refractivity contribution in [1.82, 2.24) is 0 Å². The lowest BCUT2D eigenvalue weighted by Gasteiger charge is -2.11. The second kappa shape index (κ2) is 7.14. The average molecular weight is 263 g/mol. The molecule has 2 rings (SSSR count). The second-order valence-corrected chi connectivity index (χ2v) is 4.84. The van der Waals surface area contributed by atoms with Crippen molar-refractivity contribution < 1.29 is 14.3 Å². The van der Waals surface area contributed by atoms with Gasteiger partial charge in [0, 0.05) is 18.7 Å². The van der Waals surface area contributed by atoms with E-state index in [0.29, 0.717) is 13.2 Å². The number of amides is 1. The van der Waals surface area contributed by atoms with Crippen LogP contribution in [0.2, 0.25) is 0 Å². The second-order valence-electron chi connectivity index (χ2n) is 4.84. The zero-order valence-corrected chi connectivity index (χ0v) is 11.4. The minimum atomic E-state index is 0.144. The minimum Gasteiger partial charge on any atom is -0.491 e. The van der Waals surface area contributed by atoms with E-state index in [4.69, 9.17) is 9.47 Å². The third-order valence-corrected chi connectivity index (χ3v) is 3.40. The molecule has 1 aromatic carbocycles. The summed E-state index contributed by atoms with van der Waals surface area (Å²) >= 11 is 0. The molecule has 0 bridgehead atoms. The summed E-state index contributed by atoms with van der Waals surface area (Å²) in [7, 11) is 1.64. The number of methoxy groups -OCH3 is 1. The van der Waals surface area contributed by atoms with Crippen LogP contribution in [0.3, 0.4) is 0 Å². The number of nitrogens with one attached hydrogen (secondary N) is 1.